The first kappa shape index (κ1) is 22.0. The van der Waals surface area contributed by atoms with E-state index in [2.05, 4.69) is 22.4 Å². The number of carbonyl (C=O) groups is 1. The lowest BCUT2D eigenvalue weighted by Crippen LogP contribution is -2.14. The van der Waals surface area contributed by atoms with Crippen LogP contribution in [-0.4, -0.2) is 44.5 Å². The van der Waals surface area contributed by atoms with Crippen LogP contribution in [0.15, 0.2) is 36.4 Å². The quantitative estimate of drug-likeness (QED) is 0.530. The number of H-pyrrole nitrogens is 1. The van der Waals surface area contributed by atoms with Gasteiger partial charge in [0.2, 0.25) is 0 Å². The van der Waals surface area contributed by atoms with E-state index in [4.69, 9.17) is 18.9 Å². The summed E-state index contributed by atoms with van der Waals surface area (Å²) in [7, 11) is 6.27. The maximum absolute atomic E-state index is 13.1. The molecule has 3 aromatic rings. The third-order valence-electron chi connectivity index (χ3n) is 4.89. The number of aromatic nitrogens is 2. The second kappa shape index (κ2) is 9.88. The van der Waals surface area contributed by atoms with Crippen molar-refractivity contribution in [2.24, 2.45) is 0 Å². The van der Waals surface area contributed by atoms with E-state index < -0.39 is 0 Å². The third-order valence-corrected chi connectivity index (χ3v) is 4.89. The molecule has 8 nitrogen and oxygen atoms in total. The summed E-state index contributed by atoms with van der Waals surface area (Å²) in [4.78, 5) is 13.1. The zero-order valence-corrected chi connectivity index (χ0v) is 18.4. The van der Waals surface area contributed by atoms with E-state index in [-0.39, 0.29) is 5.91 Å². The van der Waals surface area contributed by atoms with Crippen LogP contribution >= 0.6 is 0 Å². The van der Waals surface area contributed by atoms with Gasteiger partial charge < -0.3 is 24.3 Å². The number of anilines is 1. The summed E-state index contributed by atoms with van der Waals surface area (Å²) >= 11 is 0. The highest BCUT2D eigenvalue weighted by Gasteiger charge is 2.21. The molecule has 0 radical (unpaired) electrons. The molecule has 1 aromatic heterocycles. The summed E-state index contributed by atoms with van der Waals surface area (Å²) in [6, 6.07) is 10.5. The van der Waals surface area contributed by atoms with Gasteiger partial charge in [-0.25, -0.2) is 0 Å². The van der Waals surface area contributed by atoms with E-state index in [0.29, 0.717) is 45.5 Å². The number of nitrogens with one attached hydrogen (secondary N) is 2. The van der Waals surface area contributed by atoms with Crippen molar-refractivity contribution in [3.8, 4) is 34.3 Å². The van der Waals surface area contributed by atoms with E-state index in [1.54, 1.807) is 39.5 Å². The number of amides is 1. The summed E-state index contributed by atoms with van der Waals surface area (Å²) in [5.74, 6) is 2.02. The number of aromatic amines is 1. The minimum atomic E-state index is -0.289. The molecule has 2 N–H and O–H groups in total. The molecular formula is C23H27N3O5. The summed E-state index contributed by atoms with van der Waals surface area (Å²) in [6.07, 6.45) is 1.61. The second-order valence-electron chi connectivity index (χ2n) is 6.77. The molecule has 0 aliphatic rings. The van der Waals surface area contributed by atoms with Gasteiger partial charge in [-0.2, -0.15) is 5.10 Å². The molecule has 0 unspecified atom stereocenters. The highest BCUT2D eigenvalue weighted by Crippen LogP contribution is 2.38. The van der Waals surface area contributed by atoms with Crippen LogP contribution in [0.1, 0.15) is 29.4 Å². The molecule has 0 aliphatic heterocycles. The fourth-order valence-corrected chi connectivity index (χ4v) is 3.30. The molecule has 8 heteroatoms. The molecule has 1 heterocycles. The van der Waals surface area contributed by atoms with Crippen molar-refractivity contribution in [3.05, 3.63) is 47.7 Å². The van der Waals surface area contributed by atoms with Crippen LogP contribution in [0.2, 0.25) is 0 Å². The Morgan fingerprint density at radius 1 is 0.935 bits per heavy atom. The number of aryl methyl sites for hydroxylation is 1. The molecule has 31 heavy (non-hydrogen) atoms. The van der Waals surface area contributed by atoms with Gasteiger partial charge in [0.1, 0.15) is 17.2 Å². The van der Waals surface area contributed by atoms with Crippen LogP contribution < -0.4 is 24.3 Å². The highest BCUT2D eigenvalue weighted by atomic mass is 16.5. The van der Waals surface area contributed by atoms with Crippen LogP contribution in [-0.2, 0) is 6.42 Å². The highest BCUT2D eigenvalue weighted by molar-refractivity contribution is 6.07. The molecular weight excluding hydrogens is 398 g/mol. The van der Waals surface area contributed by atoms with Crippen molar-refractivity contribution >= 4 is 11.6 Å². The van der Waals surface area contributed by atoms with Crippen molar-refractivity contribution in [1.29, 1.82) is 0 Å². The zero-order valence-electron chi connectivity index (χ0n) is 18.4. The fraction of sp³-hybridized carbons (Fsp3) is 0.304. The van der Waals surface area contributed by atoms with Gasteiger partial charge in [0.25, 0.3) is 5.91 Å². The Balaban J connectivity index is 2.04. The normalized spacial score (nSPS) is 10.5. The molecule has 0 fully saturated rings. The van der Waals surface area contributed by atoms with E-state index in [1.807, 2.05) is 18.2 Å². The molecule has 164 valence electrons. The Morgan fingerprint density at radius 2 is 1.65 bits per heavy atom. The first-order valence-electron chi connectivity index (χ1n) is 9.89. The Labute approximate surface area is 181 Å². The standard InChI is InChI=1S/C23H27N3O5/c1-6-7-17-22(24-23(27)14-8-10-19(30-4)20(12-14)31-5)21(26-25-17)16-13-15(28-2)9-11-18(16)29-3/h8-13H,6-7H2,1-5H3,(H,24,27)(H,25,26). The first-order valence-corrected chi connectivity index (χ1v) is 9.89. The minimum Gasteiger partial charge on any atom is -0.497 e. The molecule has 2 aromatic carbocycles. The third kappa shape index (κ3) is 4.58. The van der Waals surface area contributed by atoms with Gasteiger partial charge in [-0.1, -0.05) is 13.3 Å². The lowest BCUT2D eigenvalue weighted by atomic mass is 10.1. The van der Waals surface area contributed by atoms with Crippen LogP contribution in [0.3, 0.4) is 0 Å². The number of benzene rings is 2. The molecule has 0 spiro atoms. The lowest BCUT2D eigenvalue weighted by molar-refractivity contribution is 0.102. The summed E-state index contributed by atoms with van der Waals surface area (Å²) in [5.41, 5.74) is 3.16. The number of methoxy groups -OCH3 is 4. The van der Waals surface area contributed by atoms with Crippen molar-refractivity contribution in [2.75, 3.05) is 33.8 Å². The van der Waals surface area contributed by atoms with Crippen molar-refractivity contribution in [2.45, 2.75) is 19.8 Å². The Hall–Kier alpha value is -3.68. The predicted octanol–water partition coefficient (Wildman–Crippen LogP) is 4.32. The second-order valence-corrected chi connectivity index (χ2v) is 6.77. The van der Waals surface area contributed by atoms with Crippen LogP contribution in [0, 0.1) is 0 Å². The number of rotatable bonds is 9. The Kier molecular flexibility index (Phi) is 7.02. The summed E-state index contributed by atoms with van der Waals surface area (Å²) in [6.45, 7) is 2.06. The van der Waals surface area contributed by atoms with Gasteiger partial charge in [0.05, 0.1) is 39.8 Å². The van der Waals surface area contributed by atoms with Crippen molar-refractivity contribution in [3.63, 3.8) is 0 Å². The SMILES string of the molecule is CCCc1[nH]nc(-c2cc(OC)ccc2OC)c1NC(=O)c1ccc(OC)c(OC)c1. The van der Waals surface area contributed by atoms with Crippen LogP contribution in [0.5, 0.6) is 23.0 Å². The molecule has 3 rings (SSSR count). The minimum absolute atomic E-state index is 0.289. The zero-order chi connectivity index (χ0) is 22.4. The van der Waals surface area contributed by atoms with Gasteiger partial charge in [-0.3, -0.25) is 9.89 Å². The lowest BCUT2D eigenvalue weighted by Gasteiger charge is -2.13. The Morgan fingerprint density at radius 3 is 2.29 bits per heavy atom. The smallest absolute Gasteiger partial charge is 0.255 e. The van der Waals surface area contributed by atoms with Crippen LogP contribution in [0.25, 0.3) is 11.3 Å². The molecule has 0 saturated carbocycles. The fourth-order valence-electron chi connectivity index (χ4n) is 3.30. The number of carbonyl (C=O) groups excluding carboxylic acids is 1. The maximum atomic E-state index is 13.1. The summed E-state index contributed by atoms with van der Waals surface area (Å²) < 4.78 is 21.5. The molecule has 0 atom stereocenters. The molecule has 0 bridgehead atoms. The average molecular weight is 425 g/mol. The molecule has 1 amide bonds. The Bertz CT molecular complexity index is 1060. The van der Waals surface area contributed by atoms with Gasteiger partial charge in [-0.15, -0.1) is 0 Å². The monoisotopic (exact) mass is 425 g/mol. The van der Waals surface area contributed by atoms with Crippen LogP contribution in [0.4, 0.5) is 5.69 Å². The molecule has 0 saturated heterocycles. The molecule has 0 aliphatic carbocycles. The van der Waals surface area contributed by atoms with Crippen molar-refractivity contribution < 1.29 is 23.7 Å². The number of ether oxygens (including phenoxy) is 4. The number of nitrogens with zero attached hydrogens (tertiary/aromatic N) is 1. The topological polar surface area (TPSA) is 94.7 Å². The van der Waals surface area contributed by atoms with E-state index >= 15 is 0 Å². The average Bonchev–Trinajstić information content (AvgIpc) is 3.20. The van der Waals surface area contributed by atoms with Gasteiger partial charge >= 0.3 is 0 Å². The largest absolute Gasteiger partial charge is 0.497 e. The van der Waals surface area contributed by atoms with Gasteiger partial charge in [0.15, 0.2) is 11.5 Å². The first-order chi connectivity index (χ1) is 15.1. The van der Waals surface area contributed by atoms with E-state index in [0.717, 1.165) is 18.5 Å². The predicted molar refractivity (Wildman–Crippen MR) is 119 cm³/mol. The maximum Gasteiger partial charge on any atom is 0.255 e. The van der Waals surface area contributed by atoms with Gasteiger partial charge in [0, 0.05) is 11.1 Å². The number of hydrogen-bond acceptors (Lipinski definition) is 6. The van der Waals surface area contributed by atoms with E-state index in [9.17, 15) is 4.79 Å². The van der Waals surface area contributed by atoms with Gasteiger partial charge in [-0.05, 0) is 42.8 Å². The number of hydrogen-bond donors (Lipinski definition) is 2. The summed E-state index contributed by atoms with van der Waals surface area (Å²) in [5, 5.41) is 10.5. The van der Waals surface area contributed by atoms with E-state index in [1.165, 1.54) is 7.11 Å². The van der Waals surface area contributed by atoms with Crippen molar-refractivity contribution in [1.82, 2.24) is 10.2 Å².